The number of aryl methyl sites for hydroxylation is 2. The van der Waals surface area contributed by atoms with E-state index < -0.39 is 0 Å². The Kier molecular flexibility index (Phi) is 5.75. The lowest BCUT2D eigenvalue weighted by atomic mass is 10.2. The number of nitrogens with zero attached hydrogens (tertiary/aromatic N) is 3. The number of pyridine rings is 1. The zero-order valence-electron chi connectivity index (χ0n) is 13.3. The summed E-state index contributed by atoms with van der Waals surface area (Å²) in [6.45, 7) is 7.14. The van der Waals surface area contributed by atoms with E-state index in [1.165, 1.54) is 5.56 Å². The first-order valence-electron chi connectivity index (χ1n) is 7.75. The molecule has 0 bridgehead atoms. The summed E-state index contributed by atoms with van der Waals surface area (Å²) in [6.07, 6.45) is 4.17. The van der Waals surface area contributed by atoms with Crippen LogP contribution in [0.15, 0.2) is 24.5 Å². The number of hydrogen-bond acceptors (Lipinski definition) is 3. The Morgan fingerprint density at radius 2 is 1.73 bits per heavy atom. The van der Waals surface area contributed by atoms with Crippen LogP contribution in [0.1, 0.15) is 18.9 Å². The first kappa shape index (κ1) is 16.3. The number of carbonyl (C=O) groups is 2. The molecule has 1 fully saturated rings. The van der Waals surface area contributed by atoms with Crippen LogP contribution in [-0.4, -0.2) is 54.6 Å². The molecule has 2 amide bonds. The van der Waals surface area contributed by atoms with Crippen LogP contribution in [0, 0.1) is 6.92 Å². The molecular weight excluding hydrogens is 282 g/mol. The molecule has 0 aliphatic carbocycles. The summed E-state index contributed by atoms with van der Waals surface area (Å²) in [7, 11) is 0. The molecule has 0 atom stereocenters. The van der Waals surface area contributed by atoms with Crippen molar-refractivity contribution in [2.45, 2.75) is 26.8 Å². The van der Waals surface area contributed by atoms with Crippen molar-refractivity contribution < 1.29 is 18.9 Å². The average molecular weight is 306 g/mol. The maximum atomic E-state index is 12.2. The predicted octanol–water partition coefficient (Wildman–Crippen LogP) is 0.973. The van der Waals surface area contributed by atoms with Gasteiger partial charge in [0.2, 0.25) is 5.91 Å². The van der Waals surface area contributed by atoms with Crippen molar-refractivity contribution in [3.8, 4) is 0 Å². The number of rotatable bonds is 4. The molecule has 1 aliphatic rings. The molecule has 1 aromatic rings. The highest BCUT2D eigenvalue weighted by Gasteiger charge is 2.25. The van der Waals surface area contributed by atoms with Crippen molar-refractivity contribution >= 4 is 12.0 Å². The number of hydrogen-bond donors (Lipinski definition) is 0. The minimum atomic E-state index is -0.287. The zero-order chi connectivity index (χ0) is 15.9. The number of ether oxygens (including phenoxy) is 1. The van der Waals surface area contributed by atoms with Crippen LogP contribution in [0.2, 0.25) is 0 Å². The molecule has 120 valence electrons. The van der Waals surface area contributed by atoms with E-state index in [-0.39, 0.29) is 12.0 Å². The van der Waals surface area contributed by atoms with E-state index in [1.807, 2.05) is 40.9 Å². The van der Waals surface area contributed by atoms with Gasteiger partial charge in [0.1, 0.15) is 0 Å². The second-order valence-electron chi connectivity index (χ2n) is 5.43. The first-order valence-corrected chi connectivity index (χ1v) is 7.75. The van der Waals surface area contributed by atoms with E-state index in [4.69, 9.17) is 4.74 Å². The summed E-state index contributed by atoms with van der Waals surface area (Å²) in [5.41, 5.74) is 1.21. The molecule has 0 aromatic carbocycles. The van der Waals surface area contributed by atoms with Crippen molar-refractivity contribution in [3.05, 3.63) is 30.1 Å². The maximum absolute atomic E-state index is 12.2. The second-order valence-corrected chi connectivity index (χ2v) is 5.43. The van der Waals surface area contributed by atoms with E-state index in [0.717, 1.165) is 0 Å². The SMILES string of the molecule is CCOC(=O)N1CCN(C(=O)CC[n+]2ccc(C)cc2)CC1. The standard InChI is InChI=1S/C16H24N3O3/c1-3-22-16(21)19-12-10-18(11-13-19)15(20)6-9-17-7-4-14(2)5-8-17/h4-5,7-8H,3,6,9-13H2,1-2H3/q+1. The van der Waals surface area contributed by atoms with Gasteiger partial charge in [0.15, 0.2) is 18.9 Å². The van der Waals surface area contributed by atoms with Crippen LogP contribution < -0.4 is 4.57 Å². The lowest BCUT2D eigenvalue weighted by molar-refractivity contribution is -0.696. The molecule has 0 spiro atoms. The smallest absolute Gasteiger partial charge is 0.409 e. The van der Waals surface area contributed by atoms with E-state index in [1.54, 1.807) is 11.8 Å². The molecule has 1 aliphatic heterocycles. The lowest BCUT2D eigenvalue weighted by Gasteiger charge is -2.33. The molecule has 6 nitrogen and oxygen atoms in total. The van der Waals surface area contributed by atoms with Crippen molar-refractivity contribution in [2.75, 3.05) is 32.8 Å². The van der Waals surface area contributed by atoms with Crippen LogP contribution in [-0.2, 0) is 16.1 Å². The highest BCUT2D eigenvalue weighted by atomic mass is 16.6. The molecule has 0 N–H and O–H groups in total. The zero-order valence-corrected chi connectivity index (χ0v) is 13.3. The third kappa shape index (κ3) is 4.44. The third-order valence-electron chi connectivity index (χ3n) is 3.80. The molecule has 22 heavy (non-hydrogen) atoms. The van der Waals surface area contributed by atoms with Gasteiger partial charge in [-0.1, -0.05) is 0 Å². The minimum Gasteiger partial charge on any atom is -0.450 e. The van der Waals surface area contributed by atoms with Crippen molar-refractivity contribution in [3.63, 3.8) is 0 Å². The Morgan fingerprint density at radius 1 is 1.14 bits per heavy atom. The normalized spacial score (nSPS) is 14.8. The summed E-state index contributed by atoms with van der Waals surface area (Å²) in [5, 5.41) is 0. The minimum absolute atomic E-state index is 0.136. The van der Waals surface area contributed by atoms with Crippen LogP contribution in [0.25, 0.3) is 0 Å². The molecule has 0 unspecified atom stereocenters. The Balaban J connectivity index is 1.75. The molecule has 2 heterocycles. The van der Waals surface area contributed by atoms with Gasteiger partial charge >= 0.3 is 6.09 Å². The molecule has 6 heteroatoms. The highest BCUT2D eigenvalue weighted by Crippen LogP contribution is 2.05. The summed E-state index contributed by atoms with van der Waals surface area (Å²) < 4.78 is 6.99. The van der Waals surface area contributed by atoms with E-state index in [2.05, 4.69) is 0 Å². The van der Waals surface area contributed by atoms with Gasteiger partial charge in [-0.25, -0.2) is 9.36 Å². The fourth-order valence-corrected chi connectivity index (χ4v) is 2.42. The summed E-state index contributed by atoms with van der Waals surface area (Å²) in [4.78, 5) is 27.3. The number of amides is 2. The van der Waals surface area contributed by atoms with Crippen LogP contribution >= 0.6 is 0 Å². The van der Waals surface area contributed by atoms with Crippen LogP contribution in [0.4, 0.5) is 4.79 Å². The van der Waals surface area contributed by atoms with Gasteiger partial charge in [0.25, 0.3) is 0 Å². The van der Waals surface area contributed by atoms with Crippen molar-refractivity contribution in [1.82, 2.24) is 9.80 Å². The Morgan fingerprint density at radius 3 is 2.32 bits per heavy atom. The quantitative estimate of drug-likeness (QED) is 0.779. The molecule has 0 saturated carbocycles. The van der Waals surface area contributed by atoms with Gasteiger partial charge in [-0.2, -0.15) is 0 Å². The fraction of sp³-hybridized carbons (Fsp3) is 0.562. The fourth-order valence-electron chi connectivity index (χ4n) is 2.42. The first-order chi connectivity index (χ1) is 10.6. The highest BCUT2D eigenvalue weighted by molar-refractivity contribution is 5.76. The summed E-state index contributed by atoms with van der Waals surface area (Å²) in [6, 6.07) is 4.06. The average Bonchev–Trinajstić information content (AvgIpc) is 2.54. The van der Waals surface area contributed by atoms with Gasteiger partial charge in [-0.3, -0.25) is 4.79 Å². The van der Waals surface area contributed by atoms with Gasteiger partial charge < -0.3 is 14.5 Å². The molecule has 1 aromatic heterocycles. The Labute approximate surface area is 131 Å². The Bertz CT molecular complexity index is 508. The maximum Gasteiger partial charge on any atom is 0.409 e. The van der Waals surface area contributed by atoms with Crippen molar-refractivity contribution in [2.24, 2.45) is 0 Å². The monoisotopic (exact) mass is 306 g/mol. The van der Waals surface area contributed by atoms with E-state index in [9.17, 15) is 9.59 Å². The number of aromatic nitrogens is 1. The summed E-state index contributed by atoms with van der Waals surface area (Å²) in [5.74, 6) is 0.136. The molecule has 1 saturated heterocycles. The van der Waals surface area contributed by atoms with E-state index >= 15 is 0 Å². The van der Waals surface area contributed by atoms with Gasteiger partial charge in [-0.15, -0.1) is 0 Å². The summed E-state index contributed by atoms with van der Waals surface area (Å²) >= 11 is 0. The second kappa shape index (κ2) is 7.77. The van der Waals surface area contributed by atoms with Gasteiger partial charge in [0, 0.05) is 38.3 Å². The number of piperazine rings is 1. The third-order valence-corrected chi connectivity index (χ3v) is 3.80. The topological polar surface area (TPSA) is 53.7 Å². The molecule has 2 rings (SSSR count). The van der Waals surface area contributed by atoms with E-state index in [0.29, 0.717) is 45.8 Å². The van der Waals surface area contributed by atoms with Gasteiger partial charge in [-0.05, 0) is 19.4 Å². The Hall–Kier alpha value is -2.11. The predicted molar refractivity (Wildman–Crippen MR) is 81.2 cm³/mol. The molecular formula is C16H24N3O3+. The van der Waals surface area contributed by atoms with Crippen molar-refractivity contribution in [1.29, 1.82) is 0 Å². The largest absolute Gasteiger partial charge is 0.450 e. The van der Waals surface area contributed by atoms with Gasteiger partial charge in [0.05, 0.1) is 13.0 Å². The van der Waals surface area contributed by atoms with Crippen LogP contribution in [0.3, 0.4) is 0 Å². The van der Waals surface area contributed by atoms with Crippen LogP contribution in [0.5, 0.6) is 0 Å². The number of carbonyl (C=O) groups excluding carboxylic acids is 2. The molecule has 0 radical (unpaired) electrons. The lowest BCUT2D eigenvalue weighted by Crippen LogP contribution is -2.51.